The molecule has 1 rings (SSSR count). The molecule has 0 amide bonds. The summed E-state index contributed by atoms with van der Waals surface area (Å²) in [5, 5.41) is 0. The third-order valence-corrected chi connectivity index (χ3v) is 2.92. The monoisotopic (exact) mass is 270 g/mol. The van der Waals surface area contributed by atoms with Crippen molar-refractivity contribution in [3.8, 4) is 0 Å². The van der Waals surface area contributed by atoms with E-state index in [1.54, 1.807) is 19.1 Å². The van der Waals surface area contributed by atoms with Crippen LogP contribution in [0.25, 0.3) is 0 Å². The second-order valence-electron chi connectivity index (χ2n) is 4.73. The van der Waals surface area contributed by atoms with Gasteiger partial charge in [0.05, 0.1) is 12.2 Å². The summed E-state index contributed by atoms with van der Waals surface area (Å²) >= 11 is 0. The van der Waals surface area contributed by atoms with Crippen LogP contribution in [0.5, 0.6) is 0 Å². The van der Waals surface area contributed by atoms with Crippen molar-refractivity contribution >= 4 is 12.2 Å². The van der Waals surface area contributed by atoms with Gasteiger partial charge < -0.3 is 0 Å². The summed E-state index contributed by atoms with van der Waals surface area (Å²) in [6.07, 6.45) is 13.9. The van der Waals surface area contributed by atoms with Gasteiger partial charge in [0.1, 0.15) is 0 Å². The van der Waals surface area contributed by atoms with E-state index in [1.807, 2.05) is 13.0 Å². The molecule has 0 aromatic carbocycles. The van der Waals surface area contributed by atoms with Crippen molar-refractivity contribution in [2.24, 2.45) is 9.98 Å². The lowest BCUT2D eigenvalue weighted by atomic mass is 9.95. The number of allylic oxidation sites excluding steroid dienone is 7. The van der Waals surface area contributed by atoms with E-state index in [0.29, 0.717) is 12.2 Å². The summed E-state index contributed by atoms with van der Waals surface area (Å²) in [5.74, 6) is 0. The Morgan fingerprint density at radius 1 is 1.30 bits per heavy atom. The summed E-state index contributed by atoms with van der Waals surface area (Å²) in [7, 11) is 0. The second kappa shape index (κ2) is 8.76. The third kappa shape index (κ3) is 6.05. The Hall–Kier alpha value is -2.28. The van der Waals surface area contributed by atoms with Gasteiger partial charge in [-0.05, 0) is 50.3 Å². The van der Waals surface area contributed by atoms with Gasteiger partial charge >= 0.3 is 0 Å². The Kier molecular flexibility index (Phi) is 6.91. The van der Waals surface area contributed by atoms with Crippen LogP contribution in [0.15, 0.2) is 56.7 Å². The highest BCUT2D eigenvalue weighted by molar-refractivity contribution is 5.38. The van der Waals surface area contributed by atoms with Gasteiger partial charge in [0.15, 0.2) is 0 Å². The Morgan fingerprint density at radius 3 is 2.80 bits per heavy atom. The maximum atomic E-state index is 10.1. The molecule has 4 heteroatoms. The van der Waals surface area contributed by atoms with E-state index in [-0.39, 0.29) is 0 Å². The lowest BCUT2D eigenvalue weighted by molar-refractivity contribution is 0.563. The highest BCUT2D eigenvalue weighted by Crippen LogP contribution is 2.22. The normalized spacial score (nSPS) is 15.7. The molecule has 1 aliphatic rings. The van der Waals surface area contributed by atoms with E-state index in [2.05, 4.69) is 22.1 Å². The molecule has 0 aromatic rings. The number of aliphatic imine (C=N–C) groups is 2. The molecule has 0 N–H and O–H groups in total. The van der Waals surface area contributed by atoms with Crippen LogP contribution in [0.2, 0.25) is 0 Å². The van der Waals surface area contributed by atoms with Crippen LogP contribution in [0.4, 0.5) is 0 Å². The molecule has 4 nitrogen and oxygen atoms in total. The van der Waals surface area contributed by atoms with E-state index in [1.165, 1.54) is 17.2 Å². The summed E-state index contributed by atoms with van der Waals surface area (Å²) in [6.45, 7) is 4.22. The molecule has 0 bridgehead atoms. The first kappa shape index (κ1) is 15.8. The van der Waals surface area contributed by atoms with Crippen LogP contribution in [0, 0.1) is 0 Å². The van der Waals surface area contributed by atoms with Crippen LogP contribution >= 0.6 is 0 Å². The number of hydrogen-bond donors (Lipinski definition) is 0. The van der Waals surface area contributed by atoms with Gasteiger partial charge in [-0.3, -0.25) is 0 Å². The van der Waals surface area contributed by atoms with Crippen molar-refractivity contribution in [2.45, 2.75) is 33.1 Å². The predicted octanol–water partition coefficient (Wildman–Crippen LogP) is 3.54. The molecule has 104 valence electrons. The van der Waals surface area contributed by atoms with Crippen LogP contribution in [0.1, 0.15) is 33.1 Å². The van der Waals surface area contributed by atoms with Gasteiger partial charge in [-0.1, -0.05) is 23.8 Å². The minimum atomic E-state index is 0.441. The molecule has 0 saturated heterocycles. The van der Waals surface area contributed by atoms with E-state index >= 15 is 0 Å². The Bertz CT molecular complexity index is 567. The highest BCUT2D eigenvalue weighted by atomic mass is 16.1. The summed E-state index contributed by atoms with van der Waals surface area (Å²) < 4.78 is 0. The maximum Gasteiger partial charge on any atom is 0.240 e. The average molecular weight is 270 g/mol. The highest BCUT2D eigenvalue weighted by Gasteiger charge is 2.05. The fourth-order valence-electron chi connectivity index (χ4n) is 1.97. The first-order chi connectivity index (χ1) is 9.65. The van der Waals surface area contributed by atoms with Gasteiger partial charge in [-0.2, -0.15) is 4.99 Å². The Morgan fingerprint density at radius 2 is 2.10 bits per heavy atom. The first-order valence-corrected chi connectivity index (χ1v) is 6.49. The number of nitrogens with zero attached hydrogens (tertiary/aromatic N) is 2. The molecule has 0 unspecified atom stereocenters. The molecular weight excluding hydrogens is 252 g/mol. The molecule has 0 aromatic heterocycles. The second-order valence-corrected chi connectivity index (χ2v) is 4.73. The van der Waals surface area contributed by atoms with Gasteiger partial charge in [0.25, 0.3) is 0 Å². The largest absolute Gasteiger partial charge is 0.240 e. The van der Waals surface area contributed by atoms with Crippen molar-refractivity contribution in [3.63, 3.8) is 0 Å². The topological polar surface area (TPSA) is 58.9 Å². The maximum absolute atomic E-state index is 10.1. The molecule has 0 spiro atoms. The minimum Gasteiger partial charge on any atom is -0.211 e. The summed E-state index contributed by atoms with van der Waals surface area (Å²) in [6, 6.07) is 0. The Labute approximate surface area is 119 Å². The molecule has 0 saturated carbocycles. The zero-order valence-corrected chi connectivity index (χ0v) is 11.8. The molecule has 0 radical (unpaired) electrons. The first-order valence-electron chi connectivity index (χ1n) is 6.49. The van der Waals surface area contributed by atoms with E-state index < -0.39 is 0 Å². The fraction of sp³-hybridized carbons (Fsp3) is 0.375. The fourth-order valence-corrected chi connectivity index (χ4v) is 1.97. The van der Waals surface area contributed by atoms with Gasteiger partial charge in [-0.25, -0.2) is 14.6 Å². The van der Waals surface area contributed by atoms with Gasteiger partial charge in [0.2, 0.25) is 12.2 Å². The lowest BCUT2D eigenvalue weighted by Gasteiger charge is -2.12. The van der Waals surface area contributed by atoms with Crippen molar-refractivity contribution < 1.29 is 9.59 Å². The molecule has 20 heavy (non-hydrogen) atoms. The third-order valence-electron chi connectivity index (χ3n) is 2.92. The molecule has 0 atom stereocenters. The number of carbonyl (C=O) groups excluding carboxylic acids is 2. The van der Waals surface area contributed by atoms with Gasteiger partial charge in [0, 0.05) is 0 Å². The standard InChI is InChI=1S/C16H18N2O2/c1-13(6-7-14(2)18-12-20)8-15-4-3-5-16(9-15)10-17-11-19/h4,6-7,9H,3,5,8,10H2,1-2H3/b13-6+,14-7+. The number of rotatable bonds is 6. The molecule has 0 aliphatic heterocycles. The van der Waals surface area contributed by atoms with E-state index in [0.717, 1.165) is 24.8 Å². The number of hydrogen-bond acceptors (Lipinski definition) is 4. The SMILES string of the molecule is C/C(=C\C=C(/C)N=C=O)CC1=CCCC(CN=C=O)=C1. The van der Waals surface area contributed by atoms with Crippen LogP contribution in [0.3, 0.4) is 0 Å². The molecular formula is C16H18N2O2. The van der Waals surface area contributed by atoms with Crippen molar-refractivity contribution in [2.75, 3.05) is 6.54 Å². The Balaban J connectivity index is 2.68. The van der Waals surface area contributed by atoms with E-state index in [4.69, 9.17) is 0 Å². The smallest absolute Gasteiger partial charge is 0.211 e. The van der Waals surface area contributed by atoms with Crippen LogP contribution in [-0.4, -0.2) is 18.7 Å². The minimum absolute atomic E-state index is 0.441. The quantitative estimate of drug-likeness (QED) is 0.421. The predicted molar refractivity (Wildman–Crippen MR) is 78.6 cm³/mol. The van der Waals surface area contributed by atoms with Crippen molar-refractivity contribution in [1.82, 2.24) is 0 Å². The zero-order chi connectivity index (χ0) is 14.8. The van der Waals surface area contributed by atoms with Gasteiger partial charge in [-0.15, -0.1) is 0 Å². The molecule has 0 heterocycles. The van der Waals surface area contributed by atoms with Crippen LogP contribution < -0.4 is 0 Å². The van der Waals surface area contributed by atoms with Crippen molar-refractivity contribution in [1.29, 1.82) is 0 Å². The summed E-state index contributed by atoms with van der Waals surface area (Å²) in [5.41, 5.74) is 4.20. The van der Waals surface area contributed by atoms with E-state index in [9.17, 15) is 9.59 Å². The average Bonchev–Trinajstić information content (AvgIpc) is 2.44. The molecule has 0 fully saturated rings. The lowest BCUT2D eigenvalue weighted by Crippen LogP contribution is -1.96. The zero-order valence-electron chi connectivity index (χ0n) is 11.8. The van der Waals surface area contributed by atoms with Crippen LogP contribution in [-0.2, 0) is 9.59 Å². The van der Waals surface area contributed by atoms with Crippen molar-refractivity contribution in [3.05, 3.63) is 46.7 Å². The molecule has 1 aliphatic carbocycles. The number of isocyanates is 2. The summed E-state index contributed by atoms with van der Waals surface area (Å²) in [4.78, 5) is 27.4.